The van der Waals surface area contributed by atoms with E-state index in [1.165, 1.54) is 33.9 Å². The van der Waals surface area contributed by atoms with Crippen molar-refractivity contribution in [2.75, 3.05) is 7.11 Å². The second-order valence-electron chi connectivity index (χ2n) is 2.84. The lowest BCUT2D eigenvalue weighted by Gasteiger charge is -2.02. The van der Waals surface area contributed by atoms with Crippen molar-refractivity contribution in [3.05, 3.63) is 33.9 Å². The Kier molecular flexibility index (Phi) is 3.14. The molecule has 2 aromatic rings. The highest BCUT2D eigenvalue weighted by molar-refractivity contribution is 7.80. The Hall–Kier alpha value is -0.780. The SMILES string of the molecule is COc1ccc(-c2cc(=S)ss2)c(F)c1. The van der Waals surface area contributed by atoms with Gasteiger partial charge in [-0.3, -0.25) is 0 Å². The normalized spacial score (nSPS) is 10.3. The molecule has 0 atom stereocenters. The molecule has 2 rings (SSSR count). The van der Waals surface area contributed by atoms with E-state index in [9.17, 15) is 4.39 Å². The molecule has 0 saturated heterocycles. The molecule has 78 valence electrons. The van der Waals surface area contributed by atoms with Crippen LogP contribution in [0.3, 0.4) is 0 Å². The van der Waals surface area contributed by atoms with Gasteiger partial charge in [0.1, 0.15) is 15.4 Å². The zero-order valence-corrected chi connectivity index (χ0v) is 10.3. The van der Waals surface area contributed by atoms with Gasteiger partial charge in [-0.1, -0.05) is 32.9 Å². The first-order chi connectivity index (χ1) is 7.20. The van der Waals surface area contributed by atoms with E-state index in [0.717, 1.165) is 8.70 Å². The summed E-state index contributed by atoms with van der Waals surface area (Å²) in [6.45, 7) is 0. The molecule has 0 radical (unpaired) electrons. The van der Waals surface area contributed by atoms with E-state index in [-0.39, 0.29) is 5.82 Å². The maximum atomic E-state index is 13.6. The van der Waals surface area contributed by atoms with Gasteiger partial charge in [0.05, 0.1) is 12.0 Å². The average molecular weight is 258 g/mol. The minimum absolute atomic E-state index is 0.279. The Labute approximate surface area is 99.2 Å². The Morgan fingerprint density at radius 2 is 2.07 bits per heavy atom. The van der Waals surface area contributed by atoms with Gasteiger partial charge in [-0.25, -0.2) is 4.39 Å². The molecule has 0 saturated carbocycles. The Bertz CT molecular complexity index is 529. The minimum Gasteiger partial charge on any atom is -0.497 e. The van der Waals surface area contributed by atoms with Crippen LogP contribution >= 0.6 is 32.9 Å². The predicted molar refractivity (Wildman–Crippen MR) is 65.0 cm³/mol. The van der Waals surface area contributed by atoms with Crippen molar-refractivity contribution < 1.29 is 9.13 Å². The molecule has 0 N–H and O–H groups in total. The number of halogens is 1. The van der Waals surface area contributed by atoms with Gasteiger partial charge >= 0.3 is 0 Å². The van der Waals surface area contributed by atoms with Crippen LogP contribution in [0.15, 0.2) is 24.3 Å². The van der Waals surface area contributed by atoms with E-state index >= 15 is 0 Å². The standard InChI is InChI=1S/C10H7FOS3/c1-12-6-2-3-7(8(11)4-6)9-5-10(13)15-14-9/h2-5H,1H3. The molecular weight excluding hydrogens is 251 g/mol. The summed E-state index contributed by atoms with van der Waals surface area (Å²) in [4.78, 5) is 0.866. The van der Waals surface area contributed by atoms with Crippen molar-refractivity contribution in [2.45, 2.75) is 0 Å². The molecule has 1 aromatic heterocycles. The number of benzene rings is 1. The lowest BCUT2D eigenvalue weighted by atomic mass is 10.2. The Morgan fingerprint density at radius 3 is 2.60 bits per heavy atom. The maximum Gasteiger partial charge on any atom is 0.135 e. The minimum atomic E-state index is -0.279. The third-order valence-corrected chi connectivity index (χ3v) is 4.80. The molecule has 0 bridgehead atoms. The fourth-order valence-corrected chi connectivity index (χ4v) is 3.59. The van der Waals surface area contributed by atoms with Gasteiger partial charge < -0.3 is 4.74 Å². The Balaban J connectivity index is 2.49. The summed E-state index contributed by atoms with van der Waals surface area (Å²) in [6.07, 6.45) is 0. The monoisotopic (exact) mass is 258 g/mol. The molecular formula is C10H7FOS3. The van der Waals surface area contributed by atoms with E-state index in [2.05, 4.69) is 0 Å². The molecule has 1 aromatic carbocycles. The summed E-state index contributed by atoms with van der Waals surface area (Å²) < 4.78 is 19.3. The lowest BCUT2D eigenvalue weighted by molar-refractivity contribution is 0.411. The van der Waals surface area contributed by atoms with Gasteiger partial charge in [-0.05, 0) is 18.2 Å². The van der Waals surface area contributed by atoms with Gasteiger partial charge in [0, 0.05) is 11.6 Å². The van der Waals surface area contributed by atoms with E-state index in [4.69, 9.17) is 17.0 Å². The second kappa shape index (κ2) is 4.38. The van der Waals surface area contributed by atoms with Gasteiger partial charge in [-0.15, -0.1) is 0 Å². The third-order valence-electron chi connectivity index (χ3n) is 1.90. The highest BCUT2D eigenvalue weighted by Crippen LogP contribution is 2.32. The predicted octanol–water partition coefficient (Wildman–Crippen LogP) is 4.35. The van der Waals surface area contributed by atoms with Gasteiger partial charge in [-0.2, -0.15) is 0 Å². The van der Waals surface area contributed by atoms with Crippen molar-refractivity contribution in [3.63, 3.8) is 0 Å². The van der Waals surface area contributed by atoms with Crippen LogP contribution in [0.25, 0.3) is 10.4 Å². The van der Waals surface area contributed by atoms with Crippen LogP contribution in [0.2, 0.25) is 0 Å². The molecule has 0 aliphatic heterocycles. The van der Waals surface area contributed by atoms with Crippen molar-refractivity contribution in [1.29, 1.82) is 0 Å². The number of hydrogen-bond donors (Lipinski definition) is 0. The van der Waals surface area contributed by atoms with E-state index < -0.39 is 0 Å². The highest BCUT2D eigenvalue weighted by Gasteiger charge is 2.07. The van der Waals surface area contributed by atoms with E-state index in [1.807, 2.05) is 6.07 Å². The molecule has 0 fully saturated rings. The summed E-state index contributed by atoms with van der Waals surface area (Å²) in [5.74, 6) is 0.244. The molecule has 0 spiro atoms. The maximum absolute atomic E-state index is 13.6. The number of rotatable bonds is 2. The zero-order valence-electron chi connectivity index (χ0n) is 7.82. The highest BCUT2D eigenvalue weighted by atomic mass is 32.9. The number of ether oxygens (including phenoxy) is 1. The van der Waals surface area contributed by atoms with E-state index in [0.29, 0.717) is 11.3 Å². The van der Waals surface area contributed by atoms with Gasteiger partial charge in [0.2, 0.25) is 0 Å². The molecule has 0 unspecified atom stereocenters. The molecule has 0 amide bonds. The first kappa shape index (κ1) is 10.7. The van der Waals surface area contributed by atoms with Gasteiger partial charge in [0.25, 0.3) is 0 Å². The summed E-state index contributed by atoms with van der Waals surface area (Å²) in [5.41, 5.74) is 0.577. The fourth-order valence-electron chi connectivity index (χ4n) is 1.19. The van der Waals surface area contributed by atoms with Crippen LogP contribution in [-0.4, -0.2) is 7.11 Å². The molecule has 0 aliphatic rings. The molecule has 1 heterocycles. The first-order valence-corrected chi connectivity index (χ1v) is 6.70. The first-order valence-electron chi connectivity index (χ1n) is 4.15. The number of methoxy groups -OCH3 is 1. The third kappa shape index (κ3) is 2.25. The summed E-state index contributed by atoms with van der Waals surface area (Å²) in [6, 6.07) is 6.64. The van der Waals surface area contributed by atoms with Crippen LogP contribution in [0.1, 0.15) is 0 Å². The topological polar surface area (TPSA) is 9.23 Å². The summed E-state index contributed by atoms with van der Waals surface area (Å²) in [7, 11) is 4.48. The zero-order chi connectivity index (χ0) is 10.8. The summed E-state index contributed by atoms with van der Waals surface area (Å²) >= 11 is 5.01. The molecule has 0 aliphatic carbocycles. The van der Waals surface area contributed by atoms with Crippen molar-refractivity contribution in [2.24, 2.45) is 0 Å². The van der Waals surface area contributed by atoms with Crippen molar-refractivity contribution in [3.8, 4) is 16.2 Å². The molecule has 15 heavy (non-hydrogen) atoms. The Morgan fingerprint density at radius 1 is 1.27 bits per heavy atom. The molecule has 1 nitrogen and oxygen atoms in total. The lowest BCUT2D eigenvalue weighted by Crippen LogP contribution is -1.86. The summed E-state index contributed by atoms with van der Waals surface area (Å²) in [5, 5.41) is 0. The fraction of sp³-hybridized carbons (Fsp3) is 0.100. The van der Waals surface area contributed by atoms with Gasteiger partial charge in [0.15, 0.2) is 0 Å². The van der Waals surface area contributed by atoms with Crippen LogP contribution in [0, 0.1) is 9.64 Å². The molecule has 5 heteroatoms. The van der Waals surface area contributed by atoms with Crippen LogP contribution in [0.5, 0.6) is 5.75 Å². The smallest absolute Gasteiger partial charge is 0.135 e. The van der Waals surface area contributed by atoms with Crippen molar-refractivity contribution >= 4 is 32.9 Å². The van der Waals surface area contributed by atoms with Crippen LogP contribution in [-0.2, 0) is 0 Å². The largest absolute Gasteiger partial charge is 0.497 e. The quantitative estimate of drug-likeness (QED) is 0.585. The van der Waals surface area contributed by atoms with Crippen molar-refractivity contribution in [1.82, 2.24) is 0 Å². The average Bonchev–Trinajstić information content (AvgIpc) is 2.64. The van der Waals surface area contributed by atoms with E-state index in [1.54, 1.807) is 12.1 Å². The van der Waals surface area contributed by atoms with Crippen LogP contribution < -0.4 is 4.74 Å². The van der Waals surface area contributed by atoms with Crippen LogP contribution in [0.4, 0.5) is 4.39 Å². The second-order valence-corrected chi connectivity index (χ2v) is 5.75. The number of hydrogen-bond acceptors (Lipinski definition) is 4.